The van der Waals surface area contributed by atoms with Gasteiger partial charge in [-0.25, -0.2) is 12.8 Å². The van der Waals surface area contributed by atoms with Crippen molar-refractivity contribution in [3.63, 3.8) is 0 Å². The third-order valence-corrected chi connectivity index (χ3v) is 6.10. The van der Waals surface area contributed by atoms with Crippen molar-refractivity contribution in [2.24, 2.45) is 0 Å². The number of nitrogens with one attached hydrogen (secondary N) is 1. The minimum atomic E-state index is -3.70. The van der Waals surface area contributed by atoms with E-state index in [1.54, 1.807) is 30.3 Å². The zero-order valence-electron chi connectivity index (χ0n) is 18.2. The molecule has 6 nitrogen and oxygen atoms in total. The number of rotatable bonds is 8. The molecule has 0 unspecified atom stereocenters. The highest BCUT2D eigenvalue weighted by atomic mass is 32.2. The lowest BCUT2D eigenvalue weighted by Crippen LogP contribution is -2.30. The molecule has 3 aromatic carbocycles. The summed E-state index contributed by atoms with van der Waals surface area (Å²) < 4.78 is 39.6. The van der Waals surface area contributed by atoms with Crippen molar-refractivity contribution >= 4 is 27.3 Å². The molecule has 8 heteroatoms. The second kappa shape index (κ2) is 9.82. The summed E-state index contributed by atoms with van der Waals surface area (Å²) in [5.74, 6) is -0.852. The van der Waals surface area contributed by atoms with Crippen LogP contribution in [0.3, 0.4) is 0 Å². The lowest BCUT2D eigenvalue weighted by Gasteiger charge is -2.23. The largest absolute Gasteiger partial charge is 0.378 e. The maximum Gasteiger partial charge on any atom is 0.251 e. The Kier molecular flexibility index (Phi) is 7.15. The number of hydrogen-bond acceptors (Lipinski definition) is 4. The lowest BCUT2D eigenvalue weighted by molar-refractivity contribution is 0.0951. The van der Waals surface area contributed by atoms with Crippen molar-refractivity contribution < 1.29 is 17.6 Å². The molecule has 0 aliphatic carbocycles. The first-order valence-corrected chi connectivity index (χ1v) is 11.9. The van der Waals surface area contributed by atoms with Crippen LogP contribution in [0, 0.1) is 5.82 Å². The predicted octanol–water partition coefficient (Wildman–Crippen LogP) is 3.79. The SMILES string of the molecule is CN(C)c1ccc(CNC(=O)c2ccc(CN(c3ccccc3F)S(C)(=O)=O)cc2)cc1. The quantitative estimate of drug-likeness (QED) is 0.561. The van der Waals surface area contributed by atoms with Gasteiger partial charge in [-0.3, -0.25) is 9.10 Å². The third kappa shape index (κ3) is 5.85. The van der Waals surface area contributed by atoms with Gasteiger partial charge in [0.1, 0.15) is 5.82 Å². The van der Waals surface area contributed by atoms with Gasteiger partial charge in [0.25, 0.3) is 5.91 Å². The summed E-state index contributed by atoms with van der Waals surface area (Å²) in [6.45, 7) is 0.351. The van der Waals surface area contributed by atoms with Gasteiger partial charge < -0.3 is 10.2 Å². The number of amides is 1. The number of sulfonamides is 1. The molecule has 1 N–H and O–H groups in total. The van der Waals surface area contributed by atoms with Crippen LogP contribution in [0.5, 0.6) is 0 Å². The molecule has 0 bridgehead atoms. The molecule has 0 atom stereocenters. The molecule has 0 heterocycles. The molecule has 3 aromatic rings. The molecule has 3 rings (SSSR count). The predicted molar refractivity (Wildman–Crippen MR) is 126 cm³/mol. The number of para-hydroxylation sites is 1. The van der Waals surface area contributed by atoms with Gasteiger partial charge in [0.15, 0.2) is 0 Å². The number of halogens is 1. The fourth-order valence-corrected chi connectivity index (χ4v) is 4.05. The molecule has 0 aromatic heterocycles. The van der Waals surface area contributed by atoms with Gasteiger partial charge in [-0.2, -0.15) is 0 Å². The highest BCUT2D eigenvalue weighted by Gasteiger charge is 2.21. The summed E-state index contributed by atoms with van der Waals surface area (Å²) in [6, 6.07) is 20.2. The van der Waals surface area contributed by atoms with E-state index in [-0.39, 0.29) is 18.1 Å². The van der Waals surface area contributed by atoms with Crippen LogP contribution in [0.2, 0.25) is 0 Å². The van der Waals surface area contributed by atoms with E-state index in [4.69, 9.17) is 0 Å². The van der Waals surface area contributed by atoms with E-state index >= 15 is 0 Å². The van der Waals surface area contributed by atoms with Crippen LogP contribution in [0.1, 0.15) is 21.5 Å². The van der Waals surface area contributed by atoms with E-state index in [1.807, 2.05) is 43.3 Å². The van der Waals surface area contributed by atoms with Crippen LogP contribution >= 0.6 is 0 Å². The molecule has 168 valence electrons. The first-order valence-electron chi connectivity index (χ1n) is 10.0. The Morgan fingerprint density at radius 1 is 0.906 bits per heavy atom. The fraction of sp³-hybridized carbons (Fsp3) is 0.208. The maximum absolute atomic E-state index is 14.2. The Morgan fingerprint density at radius 2 is 1.50 bits per heavy atom. The second-order valence-corrected chi connectivity index (χ2v) is 9.57. The number of benzene rings is 3. The number of anilines is 2. The van der Waals surface area contributed by atoms with E-state index < -0.39 is 15.8 Å². The van der Waals surface area contributed by atoms with Crippen molar-refractivity contribution in [3.05, 3.63) is 95.3 Å². The highest BCUT2D eigenvalue weighted by molar-refractivity contribution is 7.92. The number of nitrogens with zero attached hydrogens (tertiary/aromatic N) is 2. The molecule has 0 fully saturated rings. The Labute approximate surface area is 188 Å². The van der Waals surface area contributed by atoms with Crippen LogP contribution in [0.4, 0.5) is 15.8 Å². The van der Waals surface area contributed by atoms with Crippen LogP contribution in [-0.4, -0.2) is 34.7 Å². The first-order chi connectivity index (χ1) is 15.1. The zero-order valence-corrected chi connectivity index (χ0v) is 19.1. The molecule has 0 aliphatic rings. The monoisotopic (exact) mass is 455 g/mol. The molecule has 0 radical (unpaired) electrons. The standard InChI is InChI=1S/C24H26FN3O3S/c1-27(2)21-14-10-18(11-15-21)16-26-24(29)20-12-8-19(9-13-20)17-28(32(3,30)31)23-7-5-4-6-22(23)25/h4-15H,16-17H2,1-3H3,(H,26,29). The molecule has 0 spiro atoms. The van der Waals surface area contributed by atoms with Gasteiger partial charge in [-0.15, -0.1) is 0 Å². The van der Waals surface area contributed by atoms with Crippen molar-refractivity contribution in [2.75, 3.05) is 29.6 Å². The average molecular weight is 456 g/mol. The Bertz CT molecular complexity index is 1180. The van der Waals surface area contributed by atoms with E-state index in [2.05, 4.69) is 5.32 Å². The van der Waals surface area contributed by atoms with Gasteiger partial charge in [0, 0.05) is 31.9 Å². The topological polar surface area (TPSA) is 69.7 Å². The van der Waals surface area contributed by atoms with Crippen LogP contribution < -0.4 is 14.5 Å². The first kappa shape index (κ1) is 23.3. The van der Waals surface area contributed by atoms with Gasteiger partial charge in [0.2, 0.25) is 10.0 Å². The van der Waals surface area contributed by atoms with Crippen molar-refractivity contribution in [2.45, 2.75) is 13.1 Å². The third-order valence-electron chi connectivity index (χ3n) is 4.97. The smallest absolute Gasteiger partial charge is 0.251 e. The van der Waals surface area contributed by atoms with Crippen LogP contribution in [-0.2, 0) is 23.1 Å². The summed E-state index contributed by atoms with van der Waals surface area (Å²) in [4.78, 5) is 14.5. The maximum atomic E-state index is 14.2. The van der Waals surface area contributed by atoms with E-state index in [0.717, 1.165) is 21.8 Å². The molecule has 0 saturated heterocycles. The highest BCUT2D eigenvalue weighted by Crippen LogP contribution is 2.24. The van der Waals surface area contributed by atoms with Gasteiger partial charge in [0.05, 0.1) is 18.5 Å². The minimum absolute atomic E-state index is 0.0166. The van der Waals surface area contributed by atoms with Crippen LogP contribution in [0.25, 0.3) is 0 Å². The minimum Gasteiger partial charge on any atom is -0.378 e. The molecule has 32 heavy (non-hydrogen) atoms. The Morgan fingerprint density at radius 3 is 2.06 bits per heavy atom. The van der Waals surface area contributed by atoms with Gasteiger partial charge in [-0.1, -0.05) is 36.4 Å². The second-order valence-electron chi connectivity index (χ2n) is 7.66. The Hall–Kier alpha value is -3.39. The zero-order chi connectivity index (χ0) is 23.3. The van der Waals surface area contributed by atoms with Crippen molar-refractivity contribution in [3.8, 4) is 0 Å². The molecule has 0 aliphatic heterocycles. The normalized spacial score (nSPS) is 11.1. The Balaban J connectivity index is 1.67. The van der Waals surface area contributed by atoms with E-state index in [9.17, 15) is 17.6 Å². The number of carbonyl (C=O) groups excluding carboxylic acids is 1. The van der Waals surface area contributed by atoms with Gasteiger partial charge in [-0.05, 0) is 47.5 Å². The summed E-state index contributed by atoms with van der Waals surface area (Å²) in [5.41, 5.74) is 3.13. The van der Waals surface area contributed by atoms with Crippen LogP contribution in [0.15, 0.2) is 72.8 Å². The molecular weight excluding hydrogens is 429 g/mol. The van der Waals surface area contributed by atoms with E-state index in [0.29, 0.717) is 17.7 Å². The lowest BCUT2D eigenvalue weighted by atomic mass is 10.1. The average Bonchev–Trinajstić information content (AvgIpc) is 2.76. The number of hydrogen-bond donors (Lipinski definition) is 1. The molecule has 1 amide bonds. The van der Waals surface area contributed by atoms with Crippen molar-refractivity contribution in [1.82, 2.24) is 5.32 Å². The van der Waals surface area contributed by atoms with Crippen molar-refractivity contribution in [1.29, 1.82) is 0 Å². The summed E-state index contributed by atoms with van der Waals surface area (Å²) in [5, 5.41) is 2.87. The number of carbonyl (C=O) groups is 1. The molecular formula is C24H26FN3O3S. The molecule has 0 saturated carbocycles. The van der Waals surface area contributed by atoms with Gasteiger partial charge >= 0.3 is 0 Å². The fourth-order valence-electron chi connectivity index (χ4n) is 3.16. The summed E-state index contributed by atoms with van der Waals surface area (Å²) in [6.07, 6.45) is 1.03. The summed E-state index contributed by atoms with van der Waals surface area (Å²) >= 11 is 0. The van der Waals surface area contributed by atoms with E-state index in [1.165, 1.54) is 18.2 Å². The summed E-state index contributed by atoms with van der Waals surface area (Å²) in [7, 11) is 0.227.